The van der Waals surface area contributed by atoms with E-state index in [9.17, 15) is 4.79 Å². The molecular weight excluding hydrogens is 326 g/mol. The molecule has 0 saturated carbocycles. The fourth-order valence-corrected chi connectivity index (χ4v) is 2.69. The van der Waals surface area contributed by atoms with Gasteiger partial charge in [-0.25, -0.2) is 0 Å². The first-order valence-electron chi connectivity index (χ1n) is 7.41. The largest absolute Gasteiger partial charge is 0.469 e. The van der Waals surface area contributed by atoms with Crippen LogP contribution in [0.2, 0.25) is 0 Å². The minimum Gasteiger partial charge on any atom is -0.469 e. The van der Waals surface area contributed by atoms with Gasteiger partial charge < -0.3 is 14.2 Å². The van der Waals surface area contributed by atoms with Gasteiger partial charge in [-0.1, -0.05) is 17.8 Å². The number of furan rings is 1. The van der Waals surface area contributed by atoms with Gasteiger partial charge in [-0.2, -0.15) is 0 Å². The molecule has 0 aliphatic heterocycles. The molecule has 1 N–H and O–H groups in total. The van der Waals surface area contributed by atoms with Crippen LogP contribution in [-0.2, 0) is 4.79 Å². The molecule has 6 nitrogen and oxygen atoms in total. The van der Waals surface area contributed by atoms with Gasteiger partial charge in [0, 0.05) is 5.69 Å². The number of hydrogen-bond donors (Lipinski definition) is 1. The summed E-state index contributed by atoms with van der Waals surface area (Å²) in [5.41, 5.74) is 3.87. The van der Waals surface area contributed by atoms with Crippen LogP contribution in [-0.4, -0.2) is 21.9 Å². The fraction of sp³-hybridized carbons (Fsp3) is 0.235. The first-order valence-corrected chi connectivity index (χ1v) is 8.39. The summed E-state index contributed by atoms with van der Waals surface area (Å²) >= 11 is 1.20. The van der Waals surface area contributed by atoms with E-state index in [2.05, 4.69) is 15.5 Å². The number of thioether (sulfide) groups is 1. The van der Waals surface area contributed by atoms with Crippen molar-refractivity contribution < 1.29 is 13.6 Å². The molecule has 1 aromatic carbocycles. The predicted octanol–water partition coefficient (Wildman–Crippen LogP) is 3.99. The van der Waals surface area contributed by atoms with Crippen molar-refractivity contribution in [3.05, 3.63) is 47.4 Å². The number of anilines is 1. The Hall–Kier alpha value is -2.54. The summed E-state index contributed by atoms with van der Waals surface area (Å²) in [6.45, 7) is 5.87. The van der Waals surface area contributed by atoms with Gasteiger partial charge in [0.25, 0.3) is 11.1 Å². The predicted molar refractivity (Wildman–Crippen MR) is 92.0 cm³/mol. The third kappa shape index (κ3) is 3.68. The van der Waals surface area contributed by atoms with Crippen molar-refractivity contribution in [2.75, 3.05) is 11.1 Å². The topological polar surface area (TPSA) is 81.2 Å². The lowest BCUT2D eigenvalue weighted by Gasteiger charge is -2.06. The molecule has 0 fully saturated rings. The summed E-state index contributed by atoms with van der Waals surface area (Å²) < 4.78 is 10.8. The number of nitrogens with zero attached hydrogens (tertiary/aromatic N) is 2. The molecule has 0 atom stereocenters. The van der Waals surface area contributed by atoms with E-state index in [1.807, 2.05) is 39.0 Å². The van der Waals surface area contributed by atoms with Crippen LogP contribution in [0.25, 0.3) is 11.5 Å². The lowest BCUT2D eigenvalue weighted by atomic mass is 10.1. The van der Waals surface area contributed by atoms with Crippen LogP contribution in [0.15, 0.2) is 44.6 Å². The normalized spacial score (nSPS) is 10.8. The molecule has 0 radical (unpaired) electrons. The van der Waals surface area contributed by atoms with Crippen molar-refractivity contribution in [3.63, 3.8) is 0 Å². The van der Waals surface area contributed by atoms with E-state index in [1.165, 1.54) is 17.3 Å². The maximum absolute atomic E-state index is 12.0. The Bertz CT molecular complexity index is 870. The molecule has 3 aromatic rings. The molecule has 0 spiro atoms. The zero-order valence-electron chi connectivity index (χ0n) is 13.6. The van der Waals surface area contributed by atoms with Gasteiger partial charge in [-0.05, 0) is 50.1 Å². The Morgan fingerprint density at radius 2 is 2.00 bits per heavy atom. The number of benzene rings is 1. The van der Waals surface area contributed by atoms with E-state index < -0.39 is 0 Å². The fourth-order valence-electron chi connectivity index (χ4n) is 2.13. The maximum atomic E-state index is 12.0. The summed E-state index contributed by atoms with van der Waals surface area (Å²) in [4.78, 5) is 12.0. The first-order chi connectivity index (χ1) is 11.5. The van der Waals surface area contributed by atoms with E-state index in [0.717, 1.165) is 16.8 Å². The summed E-state index contributed by atoms with van der Waals surface area (Å²) in [6.07, 6.45) is 1.57. The monoisotopic (exact) mass is 343 g/mol. The van der Waals surface area contributed by atoms with Crippen molar-refractivity contribution in [3.8, 4) is 11.5 Å². The van der Waals surface area contributed by atoms with Gasteiger partial charge in [0.1, 0.15) is 5.76 Å². The third-order valence-electron chi connectivity index (χ3n) is 3.61. The van der Waals surface area contributed by atoms with Gasteiger partial charge in [0.15, 0.2) is 0 Å². The van der Waals surface area contributed by atoms with Crippen molar-refractivity contribution >= 4 is 23.4 Å². The average molecular weight is 343 g/mol. The zero-order valence-corrected chi connectivity index (χ0v) is 14.4. The Morgan fingerprint density at radius 1 is 1.17 bits per heavy atom. The van der Waals surface area contributed by atoms with Gasteiger partial charge in [0.05, 0.1) is 17.6 Å². The minimum atomic E-state index is -0.123. The van der Waals surface area contributed by atoms with Gasteiger partial charge >= 0.3 is 0 Å². The van der Waals surface area contributed by atoms with Gasteiger partial charge in [0.2, 0.25) is 5.91 Å². The van der Waals surface area contributed by atoms with Crippen LogP contribution in [0.3, 0.4) is 0 Å². The SMILES string of the molecule is Cc1ccc(NC(=O)CSc2nnc(-c3ccoc3C)o2)cc1C. The number of hydrogen-bond acceptors (Lipinski definition) is 6. The van der Waals surface area contributed by atoms with Gasteiger partial charge in [-0.15, -0.1) is 10.2 Å². The molecule has 2 aromatic heterocycles. The molecule has 2 heterocycles. The maximum Gasteiger partial charge on any atom is 0.277 e. The molecule has 1 amide bonds. The first kappa shape index (κ1) is 16.3. The number of rotatable bonds is 5. The molecule has 0 saturated heterocycles. The number of aryl methyl sites for hydroxylation is 3. The third-order valence-corrected chi connectivity index (χ3v) is 4.43. The van der Waals surface area contributed by atoms with E-state index in [-0.39, 0.29) is 11.7 Å². The summed E-state index contributed by atoms with van der Waals surface area (Å²) in [6, 6.07) is 7.58. The second-order valence-electron chi connectivity index (χ2n) is 5.40. The highest BCUT2D eigenvalue weighted by atomic mass is 32.2. The number of carbonyl (C=O) groups is 1. The Morgan fingerprint density at radius 3 is 2.71 bits per heavy atom. The highest BCUT2D eigenvalue weighted by molar-refractivity contribution is 7.99. The van der Waals surface area contributed by atoms with E-state index in [0.29, 0.717) is 16.9 Å². The van der Waals surface area contributed by atoms with E-state index >= 15 is 0 Å². The molecule has 7 heteroatoms. The Labute approximate surface area is 143 Å². The standard InChI is InChI=1S/C17H17N3O3S/c1-10-4-5-13(8-11(10)2)18-15(21)9-24-17-20-19-16(23-17)14-6-7-22-12(14)3/h4-8H,9H2,1-3H3,(H,18,21). The number of carbonyl (C=O) groups excluding carboxylic acids is 1. The summed E-state index contributed by atoms with van der Waals surface area (Å²) in [5, 5.41) is 11.1. The molecule has 0 bridgehead atoms. The van der Waals surface area contributed by atoms with Crippen LogP contribution in [0.4, 0.5) is 5.69 Å². The Balaban J connectivity index is 1.57. The quantitative estimate of drug-likeness (QED) is 0.706. The highest BCUT2D eigenvalue weighted by Gasteiger charge is 2.14. The molecule has 3 rings (SSSR count). The molecule has 0 aliphatic rings. The Kier molecular flexibility index (Phi) is 4.71. The molecule has 24 heavy (non-hydrogen) atoms. The lowest BCUT2D eigenvalue weighted by molar-refractivity contribution is -0.113. The van der Waals surface area contributed by atoms with Crippen LogP contribution in [0.5, 0.6) is 0 Å². The highest BCUT2D eigenvalue weighted by Crippen LogP contribution is 2.26. The molecule has 0 unspecified atom stereocenters. The van der Waals surface area contributed by atoms with Crippen molar-refractivity contribution in [2.45, 2.75) is 26.0 Å². The minimum absolute atomic E-state index is 0.123. The van der Waals surface area contributed by atoms with Crippen LogP contribution in [0.1, 0.15) is 16.9 Å². The smallest absolute Gasteiger partial charge is 0.277 e. The number of aromatic nitrogens is 2. The molecule has 124 valence electrons. The number of nitrogens with one attached hydrogen (secondary N) is 1. The molecule has 0 aliphatic carbocycles. The molecular formula is C17H17N3O3S. The lowest BCUT2D eigenvalue weighted by Crippen LogP contribution is -2.14. The number of amides is 1. The average Bonchev–Trinajstić information content (AvgIpc) is 3.17. The van der Waals surface area contributed by atoms with E-state index in [1.54, 1.807) is 12.3 Å². The van der Waals surface area contributed by atoms with Gasteiger partial charge in [-0.3, -0.25) is 4.79 Å². The second kappa shape index (κ2) is 6.92. The van der Waals surface area contributed by atoms with Crippen LogP contribution < -0.4 is 5.32 Å². The van der Waals surface area contributed by atoms with Crippen molar-refractivity contribution in [2.24, 2.45) is 0 Å². The van der Waals surface area contributed by atoms with E-state index in [4.69, 9.17) is 8.83 Å². The van der Waals surface area contributed by atoms with Crippen molar-refractivity contribution in [1.29, 1.82) is 0 Å². The van der Waals surface area contributed by atoms with Crippen molar-refractivity contribution in [1.82, 2.24) is 10.2 Å². The second-order valence-corrected chi connectivity index (χ2v) is 6.33. The van der Waals surface area contributed by atoms with Crippen LogP contribution in [0, 0.1) is 20.8 Å². The summed E-state index contributed by atoms with van der Waals surface area (Å²) in [7, 11) is 0. The zero-order chi connectivity index (χ0) is 17.1. The van der Waals surface area contributed by atoms with Crippen LogP contribution >= 0.6 is 11.8 Å². The summed E-state index contributed by atoms with van der Waals surface area (Å²) in [5.74, 6) is 1.17.